The summed E-state index contributed by atoms with van der Waals surface area (Å²) < 4.78 is 0. The molecule has 0 aromatic carbocycles. The van der Waals surface area contributed by atoms with E-state index in [1.807, 2.05) is 0 Å². The Labute approximate surface area is 134 Å². The van der Waals surface area contributed by atoms with Crippen LogP contribution in [-0.4, -0.2) is 35.1 Å². The van der Waals surface area contributed by atoms with Crippen LogP contribution in [0, 0.1) is 38.5 Å². The van der Waals surface area contributed by atoms with Crippen molar-refractivity contribution in [3.8, 4) is 11.3 Å². The Balaban J connectivity index is 0.00000162. The fourth-order valence-corrected chi connectivity index (χ4v) is 1.33. The number of nitrogens with zero attached hydrogens (tertiary/aromatic N) is 2. The van der Waals surface area contributed by atoms with Gasteiger partial charge in [-0.25, -0.2) is 4.79 Å². The molecule has 0 fully saturated rings. The molecule has 0 saturated heterocycles. The molecule has 2 aromatic heterocycles. The minimum absolute atomic E-state index is 0. The molecule has 0 spiro atoms. The number of hydrogen-bond donors (Lipinski definition) is 3. The Morgan fingerprint density at radius 3 is 2.53 bits per heavy atom. The van der Waals surface area contributed by atoms with Gasteiger partial charge < -0.3 is 17.7 Å². The fraction of sp³-hybridized carbons (Fsp3) is 0.100. The predicted molar refractivity (Wildman–Crippen MR) is 70.1 cm³/mol. The van der Waals surface area contributed by atoms with Crippen LogP contribution in [0.15, 0.2) is 21.9 Å². The zero-order valence-corrected chi connectivity index (χ0v) is 14.6. The minimum Gasteiger partial charge on any atom is -0.372 e. The van der Waals surface area contributed by atoms with Crippen molar-refractivity contribution in [3.63, 3.8) is 0 Å². The summed E-state index contributed by atoms with van der Waals surface area (Å²) in [5, 5.41) is 10.4. The van der Waals surface area contributed by atoms with Crippen LogP contribution in [0.25, 0.3) is 11.3 Å². The maximum absolute atomic E-state index is 11.5. The van der Waals surface area contributed by atoms with Gasteiger partial charge in [0.2, 0.25) is 0 Å². The van der Waals surface area contributed by atoms with Crippen LogP contribution in [0.5, 0.6) is 0 Å². The summed E-state index contributed by atoms with van der Waals surface area (Å²) in [6, 6.07) is 1.50. The van der Waals surface area contributed by atoms with Gasteiger partial charge in [-0.05, 0) is 6.07 Å². The molecule has 0 saturated carbocycles. The molecule has 9 heteroatoms. The van der Waals surface area contributed by atoms with E-state index in [0.717, 1.165) is 0 Å². The van der Waals surface area contributed by atoms with Crippen LogP contribution in [0.1, 0.15) is 0 Å². The van der Waals surface area contributed by atoms with Gasteiger partial charge in [-0.2, -0.15) is 0 Å². The third kappa shape index (κ3) is 3.82. The molecule has 0 aliphatic heterocycles. The van der Waals surface area contributed by atoms with E-state index < -0.39 is 11.2 Å². The predicted octanol–water partition coefficient (Wildman–Crippen LogP) is -1.19. The number of H-pyrrole nitrogens is 2. The molecule has 7 nitrogen and oxygen atoms in total. The minimum atomic E-state index is -0.577. The number of nitrogens with one attached hydrogen (secondary N) is 3. The SMILES string of the molecule is [B]c1cc(-c2c[nH]c(=O)[nH]c2=O)nnc1NC.[CH3-].[U]. The number of aromatic nitrogens is 4. The fourth-order valence-electron chi connectivity index (χ4n) is 1.33. The summed E-state index contributed by atoms with van der Waals surface area (Å²) in [5.41, 5.74) is -0.264. The first kappa shape index (κ1) is 17.7. The second-order valence-corrected chi connectivity index (χ2v) is 3.27. The molecule has 96 valence electrons. The summed E-state index contributed by atoms with van der Waals surface area (Å²) >= 11 is 0. The van der Waals surface area contributed by atoms with Crippen molar-refractivity contribution in [1.29, 1.82) is 0 Å². The maximum atomic E-state index is 11.5. The Kier molecular flexibility index (Phi) is 6.80. The summed E-state index contributed by atoms with van der Waals surface area (Å²) in [6.45, 7) is 0. The normalized spacial score (nSPS) is 9.11. The molecule has 3 N–H and O–H groups in total. The molecule has 2 radical (unpaired) electrons. The van der Waals surface area contributed by atoms with Crippen LogP contribution >= 0.6 is 0 Å². The molecule has 0 amide bonds. The first-order valence-electron chi connectivity index (χ1n) is 4.75. The summed E-state index contributed by atoms with van der Waals surface area (Å²) in [4.78, 5) is 26.8. The average molecular weight is 482 g/mol. The van der Waals surface area contributed by atoms with Crippen LogP contribution in [-0.2, 0) is 0 Å². The Hall–Kier alpha value is -1.32. The second kappa shape index (κ2) is 7.31. The van der Waals surface area contributed by atoms with Crippen LogP contribution in [0.2, 0.25) is 0 Å². The van der Waals surface area contributed by atoms with E-state index in [2.05, 4.69) is 25.5 Å². The van der Waals surface area contributed by atoms with E-state index in [0.29, 0.717) is 17.0 Å². The van der Waals surface area contributed by atoms with E-state index in [1.54, 1.807) is 7.05 Å². The molecule has 2 aromatic rings. The number of aromatic amines is 2. The van der Waals surface area contributed by atoms with Crippen molar-refractivity contribution < 1.29 is 31.1 Å². The third-order valence-corrected chi connectivity index (χ3v) is 2.16. The smallest absolute Gasteiger partial charge is 0.325 e. The van der Waals surface area contributed by atoms with Gasteiger partial charge in [-0.15, -0.1) is 10.2 Å². The summed E-state index contributed by atoms with van der Waals surface area (Å²) in [6.07, 6.45) is 1.27. The van der Waals surface area contributed by atoms with Gasteiger partial charge in [-0.1, -0.05) is 5.46 Å². The van der Waals surface area contributed by atoms with E-state index >= 15 is 0 Å². The van der Waals surface area contributed by atoms with E-state index in [1.165, 1.54) is 12.3 Å². The largest absolute Gasteiger partial charge is 0.372 e. The zero-order chi connectivity index (χ0) is 12.4. The Bertz CT molecular complexity index is 669. The molecule has 2 rings (SSSR count). The molecule has 0 aliphatic carbocycles. The molecule has 0 unspecified atom stereocenters. The summed E-state index contributed by atoms with van der Waals surface area (Å²) in [7, 11) is 7.36. The Morgan fingerprint density at radius 1 is 1.32 bits per heavy atom. The van der Waals surface area contributed by atoms with Crippen molar-refractivity contribution in [2.45, 2.75) is 0 Å². The van der Waals surface area contributed by atoms with Gasteiger partial charge in [0.1, 0.15) is 13.7 Å². The molecule has 0 bridgehead atoms. The van der Waals surface area contributed by atoms with Gasteiger partial charge in [0.15, 0.2) is 0 Å². The molecular formula is C10H11BN5O2U-. The van der Waals surface area contributed by atoms with Crippen molar-refractivity contribution in [2.24, 2.45) is 0 Å². The van der Waals surface area contributed by atoms with Crippen LogP contribution in [0.3, 0.4) is 0 Å². The molecule has 19 heavy (non-hydrogen) atoms. The van der Waals surface area contributed by atoms with Crippen LogP contribution in [0.4, 0.5) is 5.82 Å². The average Bonchev–Trinajstić information content (AvgIpc) is 2.29. The number of anilines is 1. The summed E-state index contributed by atoms with van der Waals surface area (Å²) in [5.74, 6) is 0.426. The molecule has 0 atom stereocenters. The molecular weight excluding hydrogens is 471 g/mol. The quantitative estimate of drug-likeness (QED) is 0.369. The topological polar surface area (TPSA) is 104 Å². The first-order chi connectivity index (χ1) is 8.11. The number of hydrogen-bond acceptors (Lipinski definition) is 5. The van der Waals surface area contributed by atoms with Crippen molar-refractivity contribution in [1.82, 2.24) is 20.2 Å². The standard InChI is InChI=1S/C9H8BN5O2.CH3.U/c1-11-7-5(10)2-6(14-15-7)4-3-12-9(17)13-8(4)16;;/h2-3H,1H3,(H,11,15)(H2,12,13,16,17);1H3;/q;-1;. The molecule has 2 heterocycles. The monoisotopic (exact) mass is 482 g/mol. The second-order valence-electron chi connectivity index (χ2n) is 3.27. The van der Waals surface area contributed by atoms with Crippen LogP contribution < -0.4 is 22.0 Å². The maximum Gasteiger partial charge on any atom is 0.325 e. The van der Waals surface area contributed by atoms with Crippen molar-refractivity contribution in [2.75, 3.05) is 12.4 Å². The van der Waals surface area contributed by atoms with E-state index in [4.69, 9.17) is 7.85 Å². The van der Waals surface area contributed by atoms with Gasteiger partial charge in [0.25, 0.3) is 5.56 Å². The van der Waals surface area contributed by atoms with Crippen molar-refractivity contribution >= 4 is 19.1 Å². The first-order valence-corrected chi connectivity index (χ1v) is 4.75. The van der Waals surface area contributed by atoms with Gasteiger partial charge in [0, 0.05) is 44.4 Å². The van der Waals surface area contributed by atoms with E-state index in [9.17, 15) is 9.59 Å². The van der Waals surface area contributed by atoms with Gasteiger partial charge >= 0.3 is 5.69 Å². The van der Waals surface area contributed by atoms with E-state index in [-0.39, 0.29) is 44.1 Å². The Morgan fingerprint density at radius 2 is 2.00 bits per heavy atom. The molecule has 0 aliphatic rings. The van der Waals surface area contributed by atoms with Crippen molar-refractivity contribution in [3.05, 3.63) is 40.5 Å². The number of rotatable bonds is 2. The van der Waals surface area contributed by atoms with Gasteiger partial charge in [-0.3, -0.25) is 9.78 Å². The van der Waals surface area contributed by atoms with Gasteiger partial charge in [0.05, 0.1) is 11.3 Å². The zero-order valence-electron chi connectivity index (χ0n) is 10.4. The third-order valence-electron chi connectivity index (χ3n) is 2.16.